The largest absolute Gasteiger partial charge is 0.477 e. The van der Waals surface area contributed by atoms with Crippen molar-refractivity contribution in [3.63, 3.8) is 0 Å². The lowest BCUT2D eigenvalue weighted by molar-refractivity contribution is -0.179. The molecule has 1 aliphatic rings. The molecule has 1 fully saturated rings. The van der Waals surface area contributed by atoms with E-state index in [1.54, 1.807) is 4.90 Å². The number of halogens is 3. The second kappa shape index (κ2) is 6.21. The molecule has 0 aliphatic carbocycles. The van der Waals surface area contributed by atoms with Gasteiger partial charge in [-0.25, -0.2) is 9.78 Å². The lowest BCUT2D eigenvalue weighted by Gasteiger charge is -2.32. The van der Waals surface area contributed by atoms with E-state index >= 15 is 0 Å². The molecular weight excluding hydrogens is 305 g/mol. The third-order valence-electron chi connectivity index (χ3n) is 3.60. The van der Waals surface area contributed by atoms with Crippen LogP contribution in [0.4, 0.5) is 18.3 Å². The van der Waals surface area contributed by atoms with Crippen molar-refractivity contribution in [2.45, 2.75) is 38.8 Å². The van der Waals surface area contributed by atoms with Crippen molar-refractivity contribution in [3.8, 4) is 0 Å². The van der Waals surface area contributed by atoms with Gasteiger partial charge in [-0.2, -0.15) is 13.2 Å². The van der Waals surface area contributed by atoms with Crippen LogP contribution in [0, 0.1) is 5.92 Å². The zero-order valence-corrected chi connectivity index (χ0v) is 12.4. The van der Waals surface area contributed by atoms with E-state index in [-0.39, 0.29) is 30.8 Å². The summed E-state index contributed by atoms with van der Waals surface area (Å²) in [6.07, 6.45) is -2.73. The molecule has 0 atom stereocenters. The molecule has 0 radical (unpaired) electrons. The molecule has 0 aromatic carbocycles. The molecule has 0 unspecified atom stereocenters. The number of hydrogen-bond donors (Lipinski definition) is 1. The van der Waals surface area contributed by atoms with Gasteiger partial charge in [0.2, 0.25) is 0 Å². The van der Waals surface area contributed by atoms with Crippen molar-refractivity contribution in [3.05, 3.63) is 10.6 Å². The first kappa shape index (κ1) is 16.1. The van der Waals surface area contributed by atoms with Crippen molar-refractivity contribution in [1.82, 2.24) is 4.98 Å². The summed E-state index contributed by atoms with van der Waals surface area (Å²) in [5, 5.41) is 9.68. The van der Waals surface area contributed by atoms with Crippen molar-refractivity contribution in [2.24, 2.45) is 5.92 Å². The summed E-state index contributed by atoms with van der Waals surface area (Å²) >= 11 is 1.06. The van der Waals surface area contributed by atoms with Gasteiger partial charge in [0, 0.05) is 13.1 Å². The van der Waals surface area contributed by atoms with Crippen LogP contribution < -0.4 is 4.90 Å². The minimum absolute atomic E-state index is 0.0363. The lowest BCUT2D eigenvalue weighted by Crippen LogP contribution is -2.38. The number of piperidine rings is 1. The molecule has 21 heavy (non-hydrogen) atoms. The number of aryl methyl sites for hydroxylation is 1. The molecule has 8 heteroatoms. The number of hydrogen-bond acceptors (Lipinski definition) is 4. The third kappa shape index (κ3) is 3.66. The predicted octanol–water partition coefficient (Wildman–Crippen LogP) is 3.57. The summed E-state index contributed by atoms with van der Waals surface area (Å²) in [6, 6.07) is 0. The van der Waals surface area contributed by atoms with E-state index in [9.17, 15) is 18.0 Å². The molecule has 0 saturated carbocycles. The molecular formula is C13H17F3N2O2S. The first-order chi connectivity index (χ1) is 9.82. The van der Waals surface area contributed by atoms with E-state index in [4.69, 9.17) is 5.11 Å². The average Bonchev–Trinajstić information content (AvgIpc) is 2.82. The molecule has 0 amide bonds. The van der Waals surface area contributed by atoms with Crippen LogP contribution in [0.3, 0.4) is 0 Å². The second-order valence-electron chi connectivity index (χ2n) is 5.13. The zero-order chi connectivity index (χ0) is 15.6. The van der Waals surface area contributed by atoms with Crippen LogP contribution >= 0.6 is 11.3 Å². The number of carboxylic acids is 1. The molecule has 1 N–H and O–H groups in total. The highest BCUT2D eigenvalue weighted by Crippen LogP contribution is 2.36. The average molecular weight is 322 g/mol. The Kier molecular flexibility index (Phi) is 4.75. The van der Waals surface area contributed by atoms with Gasteiger partial charge < -0.3 is 10.0 Å². The maximum absolute atomic E-state index is 12.6. The number of carbonyl (C=O) groups is 1. The highest BCUT2D eigenvalue weighted by Gasteiger charge is 2.41. The third-order valence-corrected chi connectivity index (χ3v) is 4.74. The van der Waals surface area contributed by atoms with Crippen molar-refractivity contribution >= 4 is 22.4 Å². The van der Waals surface area contributed by atoms with Crippen LogP contribution in [0.15, 0.2) is 0 Å². The summed E-state index contributed by atoms with van der Waals surface area (Å²) in [7, 11) is 0. The van der Waals surface area contributed by atoms with Crippen LogP contribution in [-0.2, 0) is 6.42 Å². The molecule has 4 nitrogen and oxygen atoms in total. The molecule has 1 aliphatic heterocycles. The van der Waals surface area contributed by atoms with Crippen LogP contribution in [0.25, 0.3) is 0 Å². The Bertz CT molecular complexity index is 508. The Labute approximate surface area is 124 Å². The van der Waals surface area contributed by atoms with Crippen LogP contribution in [0.5, 0.6) is 0 Å². The monoisotopic (exact) mass is 322 g/mol. The number of nitrogens with zero attached hydrogens (tertiary/aromatic N) is 2. The number of rotatable bonds is 4. The number of thiazole rings is 1. The summed E-state index contributed by atoms with van der Waals surface area (Å²) in [4.78, 5) is 17.5. The highest BCUT2D eigenvalue weighted by molar-refractivity contribution is 7.17. The fraction of sp³-hybridized carbons (Fsp3) is 0.692. The van der Waals surface area contributed by atoms with Crippen LogP contribution in [0.2, 0.25) is 0 Å². The Hall–Kier alpha value is -1.31. The lowest BCUT2D eigenvalue weighted by atomic mass is 9.97. The molecule has 0 spiro atoms. The standard InChI is InChI=1S/C13H17F3N2O2S/c1-2-3-9-10(11(19)20)21-12(17-9)18-6-4-8(5-7-18)13(14,15)16/h8H,2-7H2,1H3,(H,19,20). The Balaban J connectivity index is 2.10. The number of aromatic carboxylic acids is 1. The van der Waals surface area contributed by atoms with Gasteiger partial charge in [-0.1, -0.05) is 24.7 Å². The summed E-state index contributed by atoms with van der Waals surface area (Å²) in [5.74, 6) is -2.28. The van der Waals surface area contributed by atoms with Gasteiger partial charge in [0.05, 0.1) is 11.6 Å². The molecule has 1 aromatic heterocycles. The second-order valence-corrected chi connectivity index (χ2v) is 6.11. The van der Waals surface area contributed by atoms with Crippen molar-refractivity contribution < 1.29 is 23.1 Å². The number of aromatic nitrogens is 1. The minimum Gasteiger partial charge on any atom is -0.477 e. The van der Waals surface area contributed by atoms with Gasteiger partial charge >= 0.3 is 12.1 Å². The Morgan fingerprint density at radius 1 is 1.43 bits per heavy atom. The van der Waals surface area contributed by atoms with Gasteiger partial charge in [0.15, 0.2) is 5.13 Å². The Morgan fingerprint density at radius 2 is 2.05 bits per heavy atom. The molecule has 0 bridgehead atoms. The maximum Gasteiger partial charge on any atom is 0.391 e. The van der Waals surface area contributed by atoms with E-state index in [0.717, 1.165) is 17.8 Å². The van der Waals surface area contributed by atoms with E-state index in [2.05, 4.69) is 4.98 Å². The van der Waals surface area contributed by atoms with Gasteiger partial charge in [-0.15, -0.1) is 0 Å². The minimum atomic E-state index is -4.14. The normalized spacial score (nSPS) is 17.2. The van der Waals surface area contributed by atoms with Gasteiger partial charge in [0.25, 0.3) is 0 Å². The van der Waals surface area contributed by atoms with Gasteiger partial charge in [-0.05, 0) is 19.3 Å². The summed E-state index contributed by atoms with van der Waals surface area (Å²) in [5.41, 5.74) is 0.531. The van der Waals surface area contributed by atoms with E-state index in [0.29, 0.717) is 17.2 Å². The fourth-order valence-electron chi connectivity index (χ4n) is 2.45. The fourth-order valence-corrected chi connectivity index (χ4v) is 3.45. The molecule has 2 rings (SSSR count). The summed E-state index contributed by atoms with van der Waals surface area (Å²) < 4.78 is 37.9. The van der Waals surface area contributed by atoms with E-state index < -0.39 is 18.1 Å². The zero-order valence-electron chi connectivity index (χ0n) is 11.6. The smallest absolute Gasteiger partial charge is 0.391 e. The SMILES string of the molecule is CCCc1nc(N2CCC(C(F)(F)F)CC2)sc1C(=O)O. The van der Waals surface area contributed by atoms with Crippen LogP contribution in [-0.4, -0.2) is 35.3 Å². The predicted molar refractivity (Wildman–Crippen MR) is 74.1 cm³/mol. The van der Waals surface area contributed by atoms with Gasteiger partial charge in [-0.3, -0.25) is 0 Å². The number of alkyl halides is 3. The first-order valence-electron chi connectivity index (χ1n) is 6.87. The molecule has 2 heterocycles. The Morgan fingerprint density at radius 3 is 2.52 bits per heavy atom. The quantitative estimate of drug-likeness (QED) is 0.921. The highest BCUT2D eigenvalue weighted by atomic mass is 32.1. The molecule has 1 aromatic rings. The topological polar surface area (TPSA) is 53.4 Å². The molecule has 118 valence electrons. The van der Waals surface area contributed by atoms with Crippen molar-refractivity contribution in [1.29, 1.82) is 0 Å². The number of carboxylic acid groups (broad SMARTS) is 1. The molecule has 1 saturated heterocycles. The van der Waals surface area contributed by atoms with E-state index in [1.807, 2.05) is 6.92 Å². The maximum atomic E-state index is 12.6. The van der Waals surface area contributed by atoms with Gasteiger partial charge in [0.1, 0.15) is 4.88 Å². The van der Waals surface area contributed by atoms with E-state index in [1.165, 1.54) is 0 Å². The van der Waals surface area contributed by atoms with Crippen LogP contribution in [0.1, 0.15) is 41.6 Å². The first-order valence-corrected chi connectivity index (χ1v) is 7.69. The van der Waals surface area contributed by atoms with Crippen molar-refractivity contribution in [2.75, 3.05) is 18.0 Å². The number of anilines is 1. The summed E-state index contributed by atoms with van der Waals surface area (Å²) in [6.45, 7) is 2.46.